The second-order valence-corrected chi connectivity index (χ2v) is 27.2. The van der Waals surface area contributed by atoms with E-state index in [0.717, 1.165) is 62.5 Å². The van der Waals surface area contributed by atoms with Crippen molar-refractivity contribution in [3.63, 3.8) is 0 Å². The fourth-order valence-electron chi connectivity index (χ4n) is 19.4. The molecule has 10 aliphatic rings. The molecule has 0 amide bonds. The summed E-state index contributed by atoms with van der Waals surface area (Å²) in [6.07, 6.45) is 21.8. The van der Waals surface area contributed by atoms with Gasteiger partial charge in [-0.15, -0.1) is 0 Å². The minimum atomic E-state index is -1.34. The molecule has 0 saturated heterocycles. The molecule has 1 aromatic heterocycles. The van der Waals surface area contributed by atoms with Crippen LogP contribution in [0.1, 0.15) is 187 Å². The van der Waals surface area contributed by atoms with Gasteiger partial charge in [0.1, 0.15) is 11.3 Å². The van der Waals surface area contributed by atoms with E-state index >= 15 is 9.59 Å². The normalized spacial score (nSPS) is 31.7. The highest BCUT2D eigenvalue weighted by atomic mass is 16.6. The molecule has 4 heterocycles. The average molecular weight is 1180 g/mol. The van der Waals surface area contributed by atoms with E-state index < -0.39 is 47.9 Å². The first-order chi connectivity index (χ1) is 43.1. The van der Waals surface area contributed by atoms with Gasteiger partial charge in [0.05, 0.1) is 25.4 Å². The molecule has 11 nitrogen and oxygen atoms in total. The zero-order chi connectivity index (χ0) is 60.0. The van der Waals surface area contributed by atoms with Crippen molar-refractivity contribution >= 4 is 41.1 Å². The summed E-state index contributed by atoms with van der Waals surface area (Å²) in [4.78, 5) is 46.5. The van der Waals surface area contributed by atoms with Crippen molar-refractivity contribution in [3.05, 3.63) is 210 Å². The number of allylic oxidation sites excluding steroid dienone is 3. The summed E-state index contributed by atoms with van der Waals surface area (Å²) in [6, 6.07) is 37.0. The average Bonchev–Trinajstić information content (AvgIpc) is 0.986. The predicted molar refractivity (Wildman–Crippen MR) is 339 cm³/mol. The molecule has 0 radical (unpaired) electrons. The lowest BCUT2D eigenvalue weighted by Crippen LogP contribution is -2.62. The lowest BCUT2D eigenvalue weighted by atomic mass is 9.49. The minimum absolute atomic E-state index is 0.0242. The van der Waals surface area contributed by atoms with Gasteiger partial charge in [0, 0.05) is 53.9 Å². The Hall–Kier alpha value is -7.15. The third kappa shape index (κ3) is 9.12. The van der Waals surface area contributed by atoms with Gasteiger partial charge in [-0.1, -0.05) is 134 Å². The number of carbonyl (C=O) groups excluding carboxylic acids is 2. The lowest BCUT2D eigenvalue weighted by Gasteiger charge is -2.54. The zero-order valence-corrected chi connectivity index (χ0v) is 50.5. The Kier molecular flexibility index (Phi) is 15.0. The van der Waals surface area contributed by atoms with Crippen molar-refractivity contribution in [2.45, 2.75) is 150 Å². The minimum Gasteiger partial charge on any atom is -0.482 e. The fourth-order valence-corrected chi connectivity index (χ4v) is 19.4. The van der Waals surface area contributed by atoms with Crippen molar-refractivity contribution in [1.82, 2.24) is 0 Å². The van der Waals surface area contributed by atoms with Crippen LogP contribution in [0, 0.1) is 35.5 Å². The Morgan fingerprint density at radius 1 is 0.739 bits per heavy atom. The molecule has 3 aliphatic heterocycles. The Morgan fingerprint density at radius 3 is 2.32 bits per heavy atom. The summed E-state index contributed by atoms with van der Waals surface area (Å²) in [5, 5.41) is 32.8. The summed E-state index contributed by atoms with van der Waals surface area (Å²) < 4.78 is 34.2. The number of methoxy groups -OCH3 is 1. The number of benzene rings is 5. The number of carbonyl (C=O) groups is 2. The summed E-state index contributed by atoms with van der Waals surface area (Å²) in [7, 11) is 1.53. The third-order valence-electron chi connectivity index (χ3n) is 23.2. The number of hydrogen-bond donors (Lipinski definition) is 3. The van der Waals surface area contributed by atoms with E-state index in [1.165, 1.54) is 52.5 Å². The summed E-state index contributed by atoms with van der Waals surface area (Å²) in [5.41, 5.74) is 11.0. The van der Waals surface area contributed by atoms with Crippen molar-refractivity contribution in [2.24, 2.45) is 35.5 Å². The summed E-state index contributed by atoms with van der Waals surface area (Å²) >= 11 is 0. The van der Waals surface area contributed by atoms with Crippen molar-refractivity contribution in [3.8, 4) is 5.75 Å². The number of aliphatic hydroxyl groups excluding tert-OH is 3. The van der Waals surface area contributed by atoms with E-state index in [0.29, 0.717) is 52.5 Å². The number of hydrogen-bond acceptors (Lipinski definition) is 11. The Morgan fingerprint density at radius 2 is 1.51 bits per heavy atom. The van der Waals surface area contributed by atoms with Gasteiger partial charge in [-0.25, -0.2) is 9.59 Å². The second kappa shape index (κ2) is 23.0. The van der Waals surface area contributed by atoms with Crippen LogP contribution >= 0.6 is 0 Å². The molecular formula is C77H80O11. The molecule has 5 aromatic carbocycles. The topological polar surface area (TPSA) is 162 Å². The van der Waals surface area contributed by atoms with Crippen LogP contribution in [0.2, 0.25) is 0 Å². The van der Waals surface area contributed by atoms with Crippen molar-refractivity contribution in [1.29, 1.82) is 0 Å². The number of aliphatic hydroxyl groups is 3. The van der Waals surface area contributed by atoms with Crippen LogP contribution in [0.15, 0.2) is 142 Å². The lowest BCUT2D eigenvalue weighted by molar-refractivity contribution is -0.212. The van der Waals surface area contributed by atoms with Crippen LogP contribution in [0.4, 0.5) is 0 Å². The fraction of sp³-hybridized carbons (Fsp3) is 0.442. The molecule has 4 saturated carbocycles. The van der Waals surface area contributed by atoms with E-state index in [4.69, 9.17) is 23.4 Å². The van der Waals surface area contributed by atoms with Gasteiger partial charge in [-0.3, -0.25) is 4.79 Å². The highest BCUT2D eigenvalue weighted by Crippen LogP contribution is 2.65. The van der Waals surface area contributed by atoms with Crippen LogP contribution in [0.25, 0.3) is 29.2 Å². The standard InChI is InChI=1S/C77H80O11/c1-44(41-79)54-29-21-45-19-22-47(23-20-45)55-30-26-49(57-15-8-18-65-60(57)32-28-53-13-7-12-52-27-24-48-11-4-6-17-64(48)77(52,53)65)38-51(55)39-68(81)85-72-70-67(34-33-61-63(42-80)69(75(83)86-71(61)70)50(35-37-78)43-84-2)88-76(73(72)87-74(54)82)36-9-16-59-58-31-25-46-10-3-5-14-56(46)62(58)40-66(59)76/h3-6,8,10-11,14-15,17-20,22-25,27-28,31-34,49-53,55,58-59,62,66,72-73,78-80H,7,9,12-13,16,21,26,29-30,35-43H2,1-2H3/b54-44-/t49-,50-,51-,52+,53-,55+,58-,59-,62-,66+,72-,73+,76+,77+/m1/s1. The van der Waals surface area contributed by atoms with Gasteiger partial charge < -0.3 is 38.7 Å². The van der Waals surface area contributed by atoms with Crippen LogP contribution in [-0.2, 0) is 42.2 Å². The number of ether oxygens (including phenoxy) is 4. The highest BCUT2D eigenvalue weighted by Gasteiger charge is 2.65. The van der Waals surface area contributed by atoms with Crippen LogP contribution in [-0.4, -0.2) is 65.9 Å². The number of aryl methyl sites for hydroxylation is 1. The maximum Gasteiger partial charge on any atom is 0.340 e. The molecule has 7 aliphatic carbocycles. The number of rotatable bonds is 8. The monoisotopic (exact) mass is 1180 g/mol. The molecule has 4 fully saturated rings. The van der Waals surface area contributed by atoms with Crippen molar-refractivity contribution in [2.75, 3.05) is 26.9 Å². The van der Waals surface area contributed by atoms with Crippen molar-refractivity contribution < 1.29 is 48.3 Å². The Bertz CT molecular complexity index is 3920. The van der Waals surface area contributed by atoms with Gasteiger partial charge in [-0.05, 0) is 205 Å². The van der Waals surface area contributed by atoms with Gasteiger partial charge in [0.15, 0.2) is 17.8 Å². The van der Waals surface area contributed by atoms with Crippen LogP contribution in [0.5, 0.6) is 5.75 Å². The molecule has 6 aromatic rings. The molecule has 3 N–H and O–H groups in total. The summed E-state index contributed by atoms with van der Waals surface area (Å²) in [5.74, 6) is -0.256. The second-order valence-electron chi connectivity index (χ2n) is 27.2. The first kappa shape index (κ1) is 57.3. The quantitative estimate of drug-likeness (QED) is 0.0755. The number of esters is 2. The van der Waals surface area contributed by atoms with Crippen LogP contribution < -0.4 is 10.4 Å². The smallest absolute Gasteiger partial charge is 0.340 e. The van der Waals surface area contributed by atoms with Gasteiger partial charge in [-0.2, -0.15) is 0 Å². The molecule has 16 rings (SSSR count). The zero-order valence-electron chi connectivity index (χ0n) is 50.5. The molecular weight excluding hydrogens is 1100 g/mol. The van der Waals surface area contributed by atoms with Crippen LogP contribution in [0.3, 0.4) is 0 Å². The van der Waals surface area contributed by atoms with Gasteiger partial charge in [0.25, 0.3) is 0 Å². The predicted octanol–water partition coefficient (Wildman–Crippen LogP) is 14.0. The molecule has 2 spiro atoms. The van der Waals surface area contributed by atoms with E-state index in [1.54, 1.807) is 13.0 Å². The molecule has 0 unspecified atom stereocenters. The Balaban J connectivity index is 0.881. The first-order valence-electron chi connectivity index (χ1n) is 32.7. The number of fused-ring (bicyclic) bond motifs is 19. The van der Waals surface area contributed by atoms with E-state index in [-0.39, 0.29) is 103 Å². The maximum absolute atomic E-state index is 16.1. The third-order valence-corrected chi connectivity index (χ3v) is 23.2. The summed E-state index contributed by atoms with van der Waals surface area (Å²) in [6.45, 7) is 0.724. The SMILES string of the molecule is COC[C@@H](CCO)c1c(CO)c2ccc3c(c2oc1=O)[C@H]1OC(=O)C[C@H]2C[C@H](c4cccc5c4C=C[C@H]4CCC[C@H]6C=Cc7ccccc7[C@]564)CC[C@H]2c2ccc(cc2)CC/C(=C(\C)CO)C(=O)O[C@@H]1[C@@]1(CCC[C@@H]2[C@H]4C=Cc5ccccc5[C@H]4C[C@@H]21)O3. The van der Waals surface area contributed by atoms with E-state index in [9.17, 15) is 20.1 Å². The molecule has 11 heteroatoms. The molecule has 454 valence electrons. The molecule has 14 atom stereocenters. The highest BCUT2D eigenvalue weighted by molar-refractivity contribution is 5.91. The first-order valence-corrected chi connectivity index (χ1v) is 32.7. The van der Waals surface area contributed by atoms with Gasteiger partial charge in [0.2, 0.25) is 0 Å². The van der Waals surface area contributed by atoms with E-state index in [1.807, 2.05) is 6.07 Å². The largest absolute Gasteiger partial charge is 0.482 e. The van der Waals surface area contributed by atoms with Gasteiger partial charge >= 0.3 is 17.6 Å². The van der Waals surface area contributed by atoms with E-state index in [2.05, 4.69) is 127 Å². The molecule has 2 bridgehead atoms. The maximum atomic E-state index is 16.1. The molecule has 88 heavy (non-hydrogen) atoms. The Labute approximate surface area is 515 Å².